The summed E-state index contributed by atoms with van der Waals surface area (Å²) < 4.78 is 22.8. The number of hydrogen-bond acceptors (Lipinski definition) is 6. The normalized spacial score (nSPS) is 22.0. The van der Waals surface area contributed by atoms with Gasteiger partial charge < -0.3 is 10.6 Å². The van der Waals surface area contributed by atoms with Gasteiger partial charge in [-0.25, -0.2) is 13.4 Å². The molecular formula is C10H17N5O3S. The van der Waals surface area contributed by atoms with Crippen LogP contribution in [-0.2, 0) is 21.1 Å². The molecule has 0 aromatic carbocycles. The van der Waals surface area contributed by atoms with Crippen molar-refractivity contribution in [3.63, 3.8) is 0 Å². The van der Waals surface area contributed by atoms with Crippen molar-refractivity contribution in [2.45, 2.75) is 18.9 Å². The maximum Gasteiger partial charge on any atom is 0.221 e. The van der Waals surface area contributed by atoms with Crippen molar-refractivity contribution in [2.24, 2.45) is 0 Å². The van der Waals surface area contributed by atoms with Crippen LogP contribution in [0.3, 0.4) is 0 Å². The Labute approximate surface area is 111 Å². The van der Waals surface area contributed by atoms with E-state index in [1.807, 2.05) is 0 Å². The Morgan fingerprint density at radius 3 is 3.05 bits per heavy atom. The molecule has 3 N–H and O–H groups in total. The second-order valence-electron chi connectivity index (χ2n) is 4.50. The Kier molecular flexibility index (Phi) is 4.48. The monoisotopic (exact) mass is 287 g/mol. The highest BCUT2D eigenvalue weighted by Gasteiger charge is 2.25. The lowest BCUT2D eigenvalue weighted by Gasteiger charge is -2.23. The van der Waals surface area contributed by atoms with Gasteiger partial charge in [0.15, 0.2) is 9.84 Å². The van der Waals surface area contributed by atoms with Gasteiger partial charge in [0.05, 0.1) is 11.5 Å². The topological polar surface area (TPSA) is 117 Å². The van der Waals surface area contributed by atoms with E-state index in [0.29, 0.717) is 25.3 Å². The third-order valence-corrected chi connectivity index (χ3v) is 4.62. The number of rotatable bonds is 5. The third-order valence-electron chi connectivity index (χ3n) is 2.88. The second-order valence-corrected chi connectivity index (χ2v) is 6.73. The summed E-state index contributed by atoms with van der Waals surface area (Å²) in [5.41, 5.74) is 0. The van der Waals surface area contributed by atoms with Crippen LogP contribution in [0.1, 0.15) is 12.2 Å². The molecule has 1 unspecified atom stereocenters. The van der Waals surface area contributed by atoms with E-state index >= 15 is 0 Å². The average molecular weight is 287 g/mol. The van der Waals surface area contributed by atoms with Gasteiger partial charge in [-0.05, 0) is 0 Å². The first-order valence-corrected chi connectivity index (χ1v) is 7.92. The molecule has 1 aromatic rings. The first kappa shape index (κ1) is 13.9. The fourth-order valence-corrected chi connectivity index (χ4v) is 3.41. The molecule has 0 saturated carbocycles. The van der Waals surface area contributed by atoms with Gasteiger partial charge in [0.25, 0.3) is 0 Å². The van der Waals surface area contributed by atoms with Gasteiger partial charge in [-0.3, -0.25) is 9.89 Å². The van der Waals surface area contributed by atoms with Gasteiger partial charge in [0.1, 0.15) is 12.2 Å². The number of amides is 1. The standard InChI is InChI=1S/C10H17N5O3S/c16-10(12-2-1-9-13-7-14-15-9)5-8-6-19(17,18)4-3-11-8/h7-8,11H,1-6H2,(H,12,16)(H,13,14,15). The zero-order valence-corrected chi connectivity index (χ0v) is 11.2. The molecule has 1 amide bonds. The van der Waals surface area contributed by atoms with Crippen LogP contribution in [0.25, 0.3) is 0 Å². The van der Waals surface area contributed by atoms with Crippen LogP contribution in [0.15, 0.2) is 6.33 Å². The van der Waals surface area contributed by atoms with Crippen LogP contribution in [0, 0.1) is 0 Å². The molecule has 8 nitrogen and oxygen atoms in total. The molecule has 0 bridgehead atoms. The fourth-order valence-electron chi connectivity index (χ4n) is 1.97. The maximum absolute atomic E-state index is 11.7. The average Bonchev–Trinajstić information content (AvgIpc) is 2.80. The molecule has 2 heterocycles. The van der Waals surface area contributed by atoms with Crippen molar-refractivity contribution >= 4 is 15.7 Å². The highest BCUT2D eigenvalue weighted by atomic mass is 32.2. The lowest BCUT2D eigenvalue weighted by Crippen LogP contribution is -2.47. The number of aromatic amines is 1. The minimum absolute atomic E-state index is 0.0303. The summed E-state index contributed by atoms with van der Waals surface area (Å²) in [5, 5.41) is 12.2. The maximum atomic E-state index is 11.7. The molecule has 1 saturated heterocycles. The molecule has 106 valence electrons. The summed E-state index contributed by atoms with van der Waals surface area (Å²) in [4.78, 5) is 15.6. The van der Waals surface area contributed by atoms with Crippen molar-refractivity contribution in [1.29, 1.82) is 0 Å². The van der Waals surface area contributed by atoms with Crippen LogP contribution >= 0.6 is 0 Å². The molecule has 1 fully saturated rings. The summed E-state index contributed by atoms with van der Waals surface area (Å²) >= 11 is 0. The number of sulfone groups is 1. The SMILES string of the molecule is O=C(CC1CS(=O)(=O)CCN1)NCCc1ncn[nH]1. The molecule has 9 heteroatoms. The van der Waals surface area contributed by atoms with Crippen molar-refractivity contribution in [2.75, 3.05) is 24.6 Å². The number of aromatic nitrogens is 3. The predicted molar refractivity (Wildman–Crippen MR) is 68.2 cm³/mol. The van der Waals surface area contributed by atoms with E-state index in [0.717, 1.165) is 0 Å². The second kappa shape index (κ2) is 6.11. The van der Waals surface area contributed by atoms with E-state index in [4.69, 9.17) is 0 Å². The first-order valence-electron chi connectivity index (χ1n) is 6.10. The molecule has 19 heavy (non-hydrogen) atoms. The number of H-pyrrole nitrogens is 1. The van der Waals surface area contributed by atoms with E-state index in [9.17, 15) is 13.2 Å². The molecular weight excluding hydrogens is 270 g/mol. The van der Waals surface area contributed by atoms with Crippen molar-refractivity contribution in [3.8, 4) is 0 Å². The van der Waals surface area contributed by atoms with Crippen molar-refractivity contribution in [1.82, 2.24) is 25.8 Å². The van der Waals surface area contributed by atoms with E-state index < -0.39 is 9.84 Å². The summed E-state index contributed by atoms with van der Waals surface area (Å²) in [6, 6.07) is -0.288. The van der Waals surface area contributed by atoms with Crippen molar-refractivity contribution < 1.29 is 13.2 Å². The Hall–Kier alpha value is -1.48. The molecule has 1 atom stereocenters. The number of carbonyl (C=O) groups is 1. The van der Waals surface area contributed by atoms with Crippen LogP contribution in [0.5, 0.6) is 0 Å². The van der Waals surface area contributed by atoms with E-state index in [2.05, 4.69) is 25.8 Å². The Morgan fingerprint density at radius 1 is 1.53 bits per heavy atom. The van der Waals surface area contributed by atoms with E-state index in [1.165, 1.54) is 6.33 Å². The minimum atomic E-state index is -3.00. The van der Waals surface area contributed by atoms with Crippen LogP contribution in [0.2, 0.25) is 0 Å². The summed E-state index contributed by atoms with van der Waals surface area (Å²) in [6.45, 7) is 0.867. The minimum Gasteiger partial charge on any atom is -0.356 e. The predicted octanol–water partition coefficient (Wildman–Crippen LogP) is -1.76. The van der Waals surface area contributed by atoms with Gasteiger partial charge in [0, 0.05) is 32.0 Å². The van der Waals surface area contributed by atoms with Crippen LogP contribution in [0.4, 0.5) is 0 Å². The molecule has 1 aromatic heterocycles. The Bertz CT molecular complexity index is 513. The zero-order chi connectivity index (χ0) is 13.7. The van der Waals surface area contributed by atoms with E-state index in [1.54, 1.807) is 0 Å². The quantitative estimate of drug-likeness (QED) is 0.590. The highest BCUT2D eigenvalue weighted by Crippen LogP contribution is 2.04. The summed E-state index contributed by atoms with van der Waals surface area (Å²) in [5.74, 6) is 0.729. The molecule has 1 aliphatic heterocycles. The van der Waals surface area contributed by atoms with Gasteiger partial charge in [0.2, 0.25) is 5.91 Å². The zero-order valence-electron chi connectivity index (χ0n) is 10.4. The van der Waals surface area contributed by atoms with Gasteiger partial charge in [-0.1, -0.05) is 0 Å². The summed E-state index contributed by atoms with van der Waals surface area (Å²) in [6.07, 6.45) is 2.16. The van der Waals surface area contributed by atoms with Gasteiger partial charge in [-0.2, -0.15) is 5.10 Å². The largest absolute Gasteiger partial charge is 0.356 e. The Morgan fingerprint density at radius 2 is 2.37 bits per heavy atom. The first-order chi connectivity index (χ1) is 9.05. The number of hydrogen-bond donors (Lipinski definition) is 3. The smallest absolute Gasteiger partial charge is 0.221 e. The fraction of sp³-hybridized carbons (Fsp3) is 0.700. The lowest BCUT2D eigenvalue weighted by atomic mass is 10.2. The molecule has 0 aliphatic carbocycles. The molecule has 2 rings (SSSR count). The van der Waals surface area contributed by atoms with Gasteiger partial charge >= 0.3 is 0 Å². The van der Waals surface area contributed by atoms with Gasteiger partial charge in [-0.15, -0.1) is 0 Å². The van der Waals surface area contributed by atoms with Crippen LogP contribution < -0.4 is 10.6 Å². The molecule has 1 aliphatic rings. The molecule has 0 spiro atoms. The number of nitrogens with zero attached hydrogens (tertiary/aromatic N) is 2. The lowest BCUT2D eigenvalue weighted by molar-refractivity contribution is -0.121. The van der Waals surface area contributed by atoms with Crippen LogP contribution in [-0.4, -0.2) is 60.1 Å². The summed E-state index contributed by atoms with van der Waals surface area (Å²) in [7, 11) is -3.00. The highest BCUT2D eigenvalue weighted by molar-refractivity contribution is 7.91. The third kappa shape index (κ3) is 4.60. The molecule has 0 radical (unpaired) electrons. The number of nitrogens with one attached hydrogen (secondary N) is 3. The van der Waals surface area contributed by atoms with E-state index in [-0.39, 0.29) is 29.9 Å². The number of carbonyl (C=O) groups excluding carboxylic acids is 1. The Balaban J connectivity index is 1.69. The van der Waals surface area contributed by atoms with Crippen molar-refractivity contribution in [3.05, 3.63) is 12.2 Å².